The average Bonchev–Trinajstić information content (AvgIpc) is 3.31. The summed E-state index contributed by atoms with van der Waals surface area (Å²) >= 11 is 0. The first-order valence-corrected chi connectivity index (χ1v) is 12.2. The van der Waals surface area contributed by atoms with E-state index in [0.29, 0.717) is 25.2 Å². The molecule has 37 heavy (non-hydrogen) atoms. The third kappa shape index (κ3) is 8.10. The zero-order valence-corrected chi connectivity index (χ0v) is 20.7. The van der Waals surface area contributed by atoms with E-state index < -0.39 is 24.0 Å². The highest BCUT2D eigenvalue weighted by atomic mass is 16.5. The van der Waals surface area contributed by atoms with E-state index >= 15 is 0 Å². The van der Waals surface area contributed by atoms with Crippen LogP contribution >= 0.6 is 0 Å². The molecule has 0 unspecified atom stereocenters. The van der Waals surface area contributed by atoms with Gasteiger partial charge in [0.05, 0.1) is 12.6 Å². The van der Waals surface area contributed by atoms with Crippen molar-refractivity contribution in [1.82, 2.24) is 21.0 Å². The van der Waals surface area contributed by atoms with Crippen molar-refractivity contribution in [2.45, 2.75) is 38.3 Å². The van der Waals surface area contributed by atoms with Crippen LogP contribution in [0.2, 0.25) is 0 Å². The van der Waals surface area contributed by atoms with Crippen LogP contribution in [0, 0.1) is 0 Å². The molecule has 4 amide bonds. The molecule has 2 aromatic carbocycles. The first-order chi connectivity index (χ1) is 17.8. The molecule has 3 rings (SSSR count). The summed E-state index contributed by atoms with van der Waals surface area (Å²) in [6.07, 6.45) is 1.16. The molecular weight excluding hydrogens is 478 g/mol. The van der Waals surface area contributed by atoms with Crippen molar-refractivity contribution < 1.29 is 29.5 Å². The van der Waals surface area contributed by atoms with Gasteiger partial charge in [0.15, 0.2) is 0 Å². The molecule has 0 bridgehead atoms. The van der Waals surface area contributed by atoms with Crippen molar-refractivity contribution in [3.05, 3.63) is 54.1 Å². The lowest BCUT2D eigenvalue weighted by Crippen LogP contribution is -2.51. The van der Waals surface area contributed by atoms with Crippen LogP contribution in [0.5, 0.6) is 0 Å². The summed E-state index contributed by atoms with van der Waals surface area (Å²) in [6, 6.07) is 12.6. The lowest BCUT2D eigenvalue weighted by atomic mass is 10.0. The Labute approximate surface area is 215 Å². The number of carbonyl (C=O) groups excluding carboxylic acids is 4. The van der Waals surface area contributed by atoms with E-state index in [2.05, 4.69) is 16.0 Å². The lowest BCUT2D eigenvalue weighted by Gasteiger charge is -2.19. The number of nitrogens with one attached hydrogen (secondary N) is 4. The molecule has 1 heterocycles. The molecule has 2 atom stereocenters. The van der Waals surface area contributed by atoms with Gasteiger partial charge in [-0.2, -0.15) is 0 Å². The van der Waals surface area contributed by atoms with Gasteiger partial charge in [0, 0.05) is 30.8 Å². The summed E-state index contributed by atoms with van der Waals surface area (Å²) in [4.78, 5) is 49.7. The van der Waals surface area contributed by atoms with E-state index in [1.165, 1.54) is 12.4 Å². The number of hydrogen-bond acceptors (Lipinski definition) is 7. The van der Waals surface area contributed by atoms with E-state index in [1.54, 1.807) is 36.4 Å². The highest BCUT2D eigenvalue weighted by molar-refractivity contribution is 5.98. The SMILES string of the molecule is C[C@@H](O)[C@H](NC(=O)c1ccc(-c2ccc(NC(=O)CNCCCN3CCCC3=O)cc2)cc1)C(=O)NO. The largest absolute Gasteiger partial charge is 0.391 e. The van der Waals surface area contributed by atoms with Crippen LogP contribution in [-0.4, -0.2) is 77.2 Å². The highest BCUT2D eigenvalue weighted by Gasteiger charge is 2.25. The van der Waals surface area contributed by atoms with Crippen LogP contribution < -0.4 is 21.4 Å². The van der Waals surface area contributed by atoms with Crippen LogP contribution in [-0.2, 0) is 14.4 Å². The number of aliphatic hydroxyl groups excluding tert-OH is 1. The van der Waals surface area contributed by atoms with Gasteiger partial charge < -0.3 is 26.0 Å². The minimum atomic E-state index is -1.30. The van der Waals surface area contributed by atoms with Gasteiger partial charge in [0.1, 0.15) is 6.04 Å². The minimum Gasteiger partial charge on any atom is -0.391 e. The molecule has 0 aromatic heterocycles. The summed E-state index contributed by atoms with van der Waals surface area (Å²) in [7, 11) is 0. The number of anilines is 1. The van der Waals surface area contributed by atoms with Gasteiger partial charge in [0.2, 0.25) is 11.8 Å². The van der Waals surface area contributed by atoms with E-state index in [-0.39, 0.29) is 23.9 Å². The normalized spacial score (nSPS) is 14.7. The van der Waals surface area contributed by atoms with Gasteiger partial charge in [-0.1, -0.05) is 24.3 Å². The summed E-state index contributed by atoms with van der Waals surface area (Å²) in [5.41, 5.74) is 4.07. The second kappa shape index (κ2) is 13.5. The summed E-state index contributed by atoms with van der Waals surface area (Å²) in [6.45, 7) is 3.69. The molecule has 0 radical (unpaired) electrons. The Bertz CT molecular complexity index is 1090. The molecule has 11 heteroatoms. The summed E-state index contributed by atoms with van der Waals surface area (Å²) < 4.78 is 0. The Hall–Kier alpha value is -3.80. The number of aliphatic hydroxyl groups is 1. The number of hydroxylamine groups is 1. The first kappa shape index (κ1) is 27.8. The Morgan fingerprint density at radius 2 is 1.68 bits per heavy atom. The lowest BCUT2D eigenvalue weighted by molar-refractivity contribution is -0.133. The quantitative estimate of drug-likeness (QED) is 0.140. The standard InChI is InChI=1S/C26H33N5O6/c1-17(32)24(26(36)30-37)29-25(35)20-7-5-18(6-8-20)19-9-11-21(12-10-19)28-22(33)16-27-13-3-15-31-14-2-4-23(31)34/h5-12,17,24,27,32,37H,2-4,13-16H2,1H3,(H,28,33)(H,29,35)(H,30,36)/t17-,24+/m1/s1. The molecule has 2 aromatic rings. The fourth-order valence-electron chi connectivity index (χ4n) is 4.00. The second-order valence-electron chi connectivity index (χ2n) is 8.89. The van der Waals surface area contributed by atoms with Crippen molar-refractivity contribution >= 4 is 29.3 Å². The van der Waals surface area contributed by atoms with Gasteiger partial charge in [-0.3, -0.25) is 24.4 Å². The van der Waals surface area contributed by atoms with E-state index in [4.69, 9.17) is 5.21 Å². The van der Waals surface area contributed by atoms with Gasteiger partial charge in [-0.25, -0.2) is 5.48 Å². The van der Waals surface area contributed by atoms with Crippen LogP contribution in [0.1, 0.15) is 36.5 Å². The van der Waals surface area contributed by atoms with Crippen molar-refractivity contribution in [2.75, 3.05) is 31.5 Å². The van der Waals surface area contributed by atoms with Gasteiger partial charge >= 0.3 is 0 Å². The first-order valence-electron chi connectivity index (χ1n) is 12.2. The number of carbonyl (C=O) groups is 4. The van der Waals surface area contributed by atoms with E-state index in [9.17, 15) is 24.3 Å². The maximum atomic E-state index is 12.4. The number of nitrogens with zero attached hydrogens (tertiary/aromatic N) is 1. The smallest absolute Gasteiger partial charge is 0.268 e. The fraction of sp³-hybridized carbons (Fsp3) is 0.385. The molecule has 0 saturated carbocycles. The monoisotopic (exact) mass is 511 g/mol. The molecule has 1 aliphatic rings. The molecule has 6 N–H and O–H groups in total. The predicted molar refractivity (Wildman–Crippen MR) is 137 cm³/mol. The van der Waals surface area contributed by atoms with Gasteiger partial charge in [0.25, 0.3) is 11.8 Å². The molecule has 198 valence electrons. The molecular formula is C26H33N5O6. The topological polar surface area (TPSA) is 160 Å². The number of amides is 4. The molecule has 1 aliphatic heterocycles. The molecule has 1 fully saturated rings. The van der Waals surface area contributed by atoms with Crippen LogP contribution in [0.15, 0.2) is 48.5 Å². The number of rotatable bonds is 12. The Morgan fingerprint density at radius 3 is 2.24 bits per heavy atom. The minimum absolute atomic E-state index is 0.161. The Morgan fingerprint density at radius 1 is 1.03 bits per heavy atom. The zero-order chi connectivity index (χ0) is 26.8. The highest BCUT2D eigenvalue weighted by Crippen LogP contribution is 2.22. The van der Waals surface area contributed by atoms with Crippen LogP contribution in [0.3, 0.4) is 0 Å². The Balaban J connectivity index is 1.45. The second-order valence-corrected chi connectivity index (χ2v) is 8.89. The van der Waals surface area contributed by atoms with Crippen LogP contribution in [0.25, 0.3) is 11.1 Å². The molecule has 1 saturated heterocycles. The molecule has 11 nitrogen and oxygen atoms in total. The zero-order valence-electron chi connectivity index (χ0n) is 20.7. The number of benzene rings is 2. The molecule has 0 aliphatic carbocycles. The van der Waals surface area contributed by atoms with Crippen molar-refractivity contribution in [3.63, 3.8) is 0 Å². The Kier molecular flexibility index (Phi) is 10.1. The average molecular weight is 512 g/mol. The molecule has 0 spiro atoms. The number of likely N-dealkylation sites (tertiary alicyclic amines) is 1. The summed E-state index contributed by atoms with van der Waals surface area (Å²) in [5.74, 6) is -1.45. The van der Waals surface area contributed by atoms with Crippen molar-refractivity contribution in [3.8, 4) is 11.1 Å². The maximum absolute atomic E-state index is 12.4. The predicted octanol–water partition coefficient (Wildman–Crippen LogP) is 0.879. The third-order valence-electron chi connectivity index (χ3n) is 6.05. The van der Waals surface area contributed by atoms with Crippen molar-refractivity contribution in [2.24, 2.45) is 0 Å². The fourth-order valence-corrected chi connectivity index (χ4v) is 4.00. The van der Waals surface area contributed by atoms with Gasteiger partial charge in [-0.15, -0.1) is 0 Å². The van der Waals surface area contributed by atoms with Crippen molar-refractivity contribution in [1.29, 1.82) is 0 Å². The number of hydrogen-bond donors (Lipinski definition) is 6. The van der Waals surface area contributed by atoms with E-state index in [0.717, 1.165) is 30.5 Å². The van der Waals surface area contributed by atoms with E-state index in [1.807, 2.05) is 17.0 Å². The third-order valence-corrected chi connectivity index (χ3v) is 6.05. The van der Waals surface area contributed by atoms with Gasteiger partial charge in [-0.05, 0) is 61.7 Å². The maximum Gasteiger partial charge on any atom is 0.268 e. The summed E-state index contributed by atoms with van der Waals surface area (Å²) in [5, 5.41) is 26.7. The van der Waals surface area contributed by atoms with Crippen LogP contribution in [0.4, 0.5) is 5.69 Å².